The zero-order valence-electron chi connectivity index (χ0n) is 10.9. The minimum absolute atomic E-state index is 0.0680. The molecule has 1 aromatic heterocycles. The molecule has 1 amide bonds. The largest absolute Gasteiger partial charge is 0.481 e. The number of hydrogen-bond donors (Lipinski definition) is 2. The van der Waals surface area contributed by atoms with Gasteiger partial charge in [0, 0.05) is 12.6 Å². The van der Waals surface area contributed by atoms with E-state index in [2.05, 4.69) is 10.4 Å². The van der Waals surface area contributed by atoms with Crippen molar-refractivity contribution < 1.29 is 14.7 Å². The lowest BCUT2D eigenvalue weighted by molar-refractivity contribution is -0.137. The van der Waals surface area contributed by atoms with E-state index in [1.54, 1.807) is 10.7 Å². The van der Waals surface area contributed by atoms with Crippen LogP contribution in [-0.4, -0.2) is 32.8 Å². The second kappa shape index (κ2) is 6.18. The molecule has 100 valence electrons. The van der Waals surface area contributed by atoms with Gasteiger partial charge in [-0.1, -0.05) is 6.92 Å². The predicted molar refractivity (Wildman–Crippen MR) is 66.4 cm³/mol. The lowest BCUT2D eigenvalue weighted by Crippen LogP contribution is -2.37. The monoisotopic (exact) mass is 253 g/mol. The molecule has 18 heavy (non-hydrogen) atoms. The maximum Gasteiger partial charge on any atom is 0.305 e. The molecule has 6 heteroatoms. The first-order chi connectivity index (χ1) is 8.47. The summed E-state index contributed by atoms with van der Waals surface area (Å²) < 4.78 is 1.61. The first kappa shape index (κ1) is 14.2. The molecule has 1 unspecified atom stereocenters. The number of rotatable bonds is 6. The Balaban J connectivity index is 2.77. The molecule has 0 aliphatic heterocycles. The smallest absolute Gasteiger partial charge is 0.305 e. The van der Waals surface area contributed by atoms with Crippen LogP contribution in [0.15, 0.2) is 6.07 Å². The molecule has 0 saturated carbocycles. The van der Waals surface area contributed by atoms with Crippen molar-refractivity contribution in [3.63, 3.8) is 0 Å². The average Bonchev–Trinajstić information content (AvgIpc) is 2.69. The Labute approximate surface area is 106 Å². The minimum atomic E-state index is -0.915. The van der Waals surface area contributed by atoms with Crippen LogP contribution in [0.4, 0.5) is 0 Å². The number of amides is 1. The number of nitrogens with zero attached hydrogens (tertiary/aromatic N) is 2. The normalized spacial score (nSPS) is 12.2. The highest BCUT2D eigenvalue weighted by atomic mass is 16.4. The van der Waals surface area contributed by atoms with Gasteiger partial charge in [-0.15, -0.1) is 0 Å². The molecule has 0 aliphatic rings. The van der Waals surface area contributed by atoms with Crippen LogP contribution in [-0.2, 0) is 11.3 Å². The van der Waals surface area contributed by atoms with E-state index in [1.807, 2.05) is 20.8 Å². The van der Waals surface area contributed by atoms with E-state index >= 15 is 0 Å². The third-order valence-corrected chi connectivity index (χ3v) is 2.68. The predicted octanol–water partition coefficient (Wildman–Crippen LogP) is 1.19. The number of nitrogens with one attached hydrogen (secondary N) is 1. The maximum atomic E-state index is 12.0. The zero-order chi connectivity index (χ0) is 13.7. The van der Waals surface area contributed by atoms with E-state index in [9.17, 15) is 9.59 Å². The van der Waals surface area contributed by atoms with Gasteiger partial charge in [-0.3, -0.25) is 14.3 Å². The van der Waals surface area contributed by atoms with Gasteiger partial charge in [-0.05, 0) is 26.3 Å². The van der Waals surface area contributed by atoms with Crippen molar-refractivity contribution >= 4 is 11.9 Å². The lowest BCUT2D eigenvalue weighted by atomic mass is 10.1. The fourth-order valence-corrected chi connectivity index (χ4v) is 1.74. The summed E-state index contributed by atoms with van der Waals surface area (Å²) in [5, 5.41) is 15.6. The number of hydrogen-bond acceptors (Lipinski definition) is 3. The van der Waals surface area contributed by atoms with E-state index in [4.69, 9.17) is 5.11 Å². The molecule has 1 aromatic rings. The molecule has 0 aliphatic carbocycles. The minimum Gasteiger partial charge on any atom is -0.481 e. The molecular formula is C12H19N3O3. The Morgan fingerprint density at radius 3 is 2.67 bits per heavy atom. The standard InChI is InChI=1S/C12H19N3O3/c1-4-9(7-11(16)17)13-12(18)10-6-8(3)14-15(10)5-2/h6,9H,4-5,7H2,1-3H3,(H,13,18)(H,16,17). The summed E-state index contributed by atoms with van der Waals surface area (Å²) in [6.07, 6.45) is 0.513. The Hall–Kier alpha value is -1.85. The van der Waals surface area contributed by atoms with E-state index in [-0.39, 0.29) is 18.4 Å². The Morgan fingerprint density at radius 2 is 2.17 bits per heavy atom. The van der Waals surface area contributed by atoms with Crippen LogP contribution < -0.4 is 5.32 Å². The summed E-state index contributed by atoms with van der Waals surface area (Å²) in [7, 11) is 0. The number of aliphatic carboxylic acids is 1. The molecule has 1 atom stereocenters. The fourth-order valence-electron chi connectivity index (χ4n) is 1.74. The van der Waals surface area contributed by atoms with Crippen LogP contribution >= 0.6 is 0 Å². The van der Waals surface area contributed by atoms with Crippen molar-refractivity contribution in [1.82, 2.24) is 15.1 Å². The Morgan fingerprint density at radius 1 is 1.50 bits per heavy atom. The van der Waals surface area contributed by atoms with Crippen LogP contribution in [0.1, 0.15) is 42.9 Å². The number of carboxylic acids is 1. The summed E-state index contributed by atoms with van der Waals surface area (Å²) >= 11 is 0. The van der Waals surface area contributed by atoms with E-state index in [1.165, 1.54) is 0 Å². The average molecular weight is 253 g/mol. The van der Waals surface area contributed by atoms with Gasteiger partial charge in [0.05, 0.1) is 12.1 Å². The molecule has 6 nitrogen and oxygen atoms in total. The highest BCUT2D eigenvalue weighted by Gasteiger charge is 2.18. The van der Waals surface area contributed by atoms with Crippen molar-refractivity contribution in [2.24, 2.45) is 0 Å². The first-order valence-electron chi connectivity index (χ1n) is 6.05. The number of carbonyl (C=O) groups excluding carboxylic acids is 1. The van der Waals surface area contributed by atoms with E-state index < -0.39 is 5.97 Å². The third-order valence-electron chi connectivity index (χ3n) is 2.68. The van der Waals surface area contributed by atoms with Crippen molar-refractivity contribution in [1.29, 1.82) is 0 Å². The molecule has 0 saturated heterocycles. The SMILES string of the molecule is CCC(CC(=O)O)NC(=O)c1cc(C)nn1CC. The second-order valence-electron chi connectivity index (χ2n) is 4.16. The highest BCUT2D eigenvalue weighted by molar-refractivity contribution is 5.93. The van der Waals surface area contributed by atoms with Crippen molar-refractivity contribution in [2.45, 2.75) is 46.2 Å². The number of carboxylic acid groups (broad SMARTS) is 1. The molecule has 0 radical (unpaired) electrons. The summed E-state index contributed by atoms with van der Waals surface area (Å²) in [6.45, 7) is 6.16. The van der Waals surface area contributed by atoms with Crippen LogP contribution in [0.2, 0.25) is 0 Å². The lowest BCUT2D eigenvalue weighted by Gasteiger charge is -2.14. The highest BCUT2D eigenvalue weighted by Crippen LogP contribution is 2.06. The van der Waals surface area contributed by atoms with Gasteiger partial charge in [0.15, 0.2) is 0 Å². The van der Waals surface area contributed by atoms with E-state index in [0.717, 1.165) is 5.69 Å². The first-order valence-corrected chi connectivity index (χ1v) is 6.05. The topological polar surface area (TPSA) is 84.2 Å². The van der Waals surface area contributed by atoms with Gasteiger partial charge in [-0.2, -0.15) is 5.10 Å². The molecule has 0 bridgehead atoms. The Kier molecular flexibility index (Phi) is 4.88. The second-order valence-corrected chi connectivity index (χ2v) is 4.16. The Bertz CT molecular complexity index is 440. The molecule has 1 heterocycles. The van der Waals surface area contributed by atoms with Crippen molar-refractivity contribution in [2.75, 3.05) is 0 Å². The number of aryl methyl sites for hydroxylation is 2. The van der Waals surface area contributed by atoms with Gasteiger partial charge in [0.25, 0.3) is 5.91 Å². The summed E-state index contributed by atoms with van der Waals surface area (Å²) in [5.41, 5.74) is 1.24. The van der Waals surface area contributed by atoms with Gasteiger partial charge in [0.1, 0.15) is 5.69 Å². The summed E-state index contributed by atoms with van der Waals surface area (Å²) in [5.74, 6) is -1.19. The van der Waals surface area contributed by atoms with Crippen LogP contribution in [0.3, 0.4) is 0 Å². The quantitative estimate of drug-likeness (QED) is 0.797. The molecule has 0 fully saturated rings. The third kappa shape index (κ3) is 3.58. The maximum absolute atomic E-state index is 12.0. The van der Waals surface area contributed by atoms with Crippen LogP contribution in [0.25, 0.3) is 0 Å². The van der Waals surface area contributed by atoms with Crippen LogP contribution in [0, 0.1) is 6.92 Å². The van der Waals surface area contributed by atoms with Gasteiger partial charge < -0.3 is 10.4 Å². The zero-order valence-corrected chi connectivity index (χ0v) is 10.9. The molecule has 0 spiro atoms. The van der Waals surface area contributed by atoms with Gasteiger partial charge in [-0.25, -0.2) is 0 Å². The summed E-state index contributed by atoms with van der Waals surface area (Å²) in [6, 6.07) is 1.35. The van der Waals surface area contributed by atoms with Gasteiger partial charge in [0.2, 0.25) is 0 Å². The number of carbonyl (C=O) groups is 2. The molecule has 1 rings (SSSR count). The molecule has 2 N–H and O–H groups in total. The summed E-state index contributed by atoms with van der Waals surface area (Å²) in [4.78, 5) is 22.7. The molecular weight excluding hydrogens is 234 g/mol. The van der Waals surface area contributed by atoms with E-state index in [0.29, 0.717) is 18.7 Å². The van der Waals surface area contributed by atoms with Crippen molar-refractivity contribution in [3.05, 3.63) is 17.5 Å². The molecule has 0 aromatic carbocycles. The van der Waals surface area contributed by atoms with Crippen LogP contribution in [0.5, 0.6) is 0 Å². The fraction of sp³-hybridized carbons (Fsp3) is 0.583. The van der Waals surface area contributed by atoms with Crippen molar-refractivity contribution in [3.8, 4) is 0 Å². The van der Waals surface area contributed by atoms with Gasteiger partial charge >= 0.3 is 5.97 Å². The number of aromatic nitrogens is 2.